The molecule has 1 rings (SSSR count). The van der Waals surface area contributed by atoms with Gasteiger partial charge < -0.3 is 5.32 Å². The van der Waals surface area contributed by atoms with Crippen LogP contribution in [0.25, 0.3) is 0 Å². The normalized spacial score (nSPS) is 11.8. The second-order valence-corrected chi connectivity index (χ2v) is 3.88. The molecule has 0 bridgehead atoms. The molecule has 14 heavy (non-hydrogen) atoms. The summed E-state index contributed by atoms with van der Waals surface area (Å²) < 4.78 is 0. The Morgan fingerprint density at radius 3 is 2.93 bits per heavy atom. The molecule has 0 saturated carbocycles. The minimum Gasteiger partial charge on any atom is -0.372 e. The number of anilines is 1. The monoisotopic (exact) mass is 205 g/mol. The lowest BCUT2D eigenvalue weighted by Crippen LogP contribution is -2.15. The number of hydrogen-bond donors (Lipinski definition) is 1. The van der Waals surface area contributed by atoms with Gasteiger partial charge in [-0.1, -0.05) is 18.9 Å². The van der Waals surface area contributed by atoms with Crippen molar-refractivity contribution < 1.29 is 0 Å². The van der Waals surface area contributed by atoms with Gasteiger partial charge in [0, 0.05) is 10.6 Å². The van der Waals surface area contributed by atoms with Crippen LogP contribution in [0.4, 0.5) is 5.69 Å². The number of terminal acetylenes is 1. The number of nitrogens with one attached hydrogen (secondary N) is 1. The van der Waals surface area contributed by atoms with Gasteiger partial charge in [-0.2, -0.15) is 0 Å². The van der Waals surface area contributed by atoms with Crippen LogP contribution in [0.2, 0.25) is 0 Å². The van der Waals surface area contributed by atoms with E-state index in [0.717, 1.165) is 12.1 Å². The average molecular weight is 205 g/mol. The van der Waals surface area contributed by atoms with Gasteiger partial charge >= 0.3 is 0 Å². The highest BCUT2D eigenvalue weighted by atomic mass is 32.2. The predicted octanol–water partition coefficient (Wildman–Crippen LogP) is 3.23. The first-order valence-electron chi connectivity index (χ1n) is 4.67. The quantitative estimate of drug-likeness (QED) is 0.598. The number of benzene rings is 1. The van der Waals surface area contributed by atoms with Gasteiger partial charge in [0.2, 0.25) is 0 Å². The Labute approximate surface area is 90.3 Å². The minimum absolute atomic E-state index is 0.132. The van der Waals surface area contributed by atoms with Crippen LogP contribution in [0.15, 0.2) is 29.2 Å². The van der Waals surface area contributed by atoms with Crippen molar-refractivity contribution in [2.24, 2.45) is 0 Å². The van der Waals surface area contributed by atoms with Gasteiger partial charge in [0.15, 0.2) is 0 Å². The van der Waals surface area contributed by atoms with Crippen molar-refractivity contribution in [2.75, 3.05) is 11.6 Å². The molecule has 1 atom stereocenters. The Balaban J connectivity index is 2.71. The maximum absolute atomic E-state index is 5.38. The molecular weight excluding hydrogens is 190 g/mol. The fourth-order valence-corrected chi connectivity index (χ4v) is 1.64. The summed E-state index contributed by atoms with van der Waals surface area (Å²) in [4.78, 5) is 1.25. The average Bonchev–Trinajstić information content (AvgIpc) is 2.26. The summed E-state index contributed by atoms with van der Waals surface area (Å²) in [5, 5.41) is 3.30. The molecule has 1 N–H and O–H groups in total. The van der Waals surface area contributed by atoms with Crippen molar-refractivity contribution >= 4 is 17.4 Å². The molecule has 0 saturated heterocycles. The summed E-state index contributed by atoms with van der Waals surface area (Å²) >= 11 is 1.73. The lowest BCUT2D eigenvalue weighted by Gasteiger charge is -2.12. The maximum atomic E-state index is 5.38. The zero-order valence-electron chi connectivity index (χ0n) is 8.58. The lowest BCUT2D eigenvalue weighted by atomic mass is 10.2. The van der Waals surface area contributed by atoms with E-state index < -0.39 is 0 Å². The maximum Gasteiger partial charge on any atom is 0.0871 e. The Bertz CT molecular complexity index is 327. The fourth-order valence-electron chi connectivity index (χ4n) is 1.18. The molecule has 0 aliphatic heterocycles. The summed E-state index contributed by atoms with van der Waals surface area (Å²) in [6, 6.07) is 8.42. The molecule has 74 valence electrons. The van der Waals surface area contributed by atoms with Crippen LogP contribution >= 0.6 is 11.8 Å². The SMILES string of the molecule is C#CC(CC)Nc1cccc(SC)c1. The van der Waals surface area contributed by atoms with Gasteiger partial charge in [-0.05, 0) is 30.9 Å². The van der Waals surface area contributed by atoms with Crippen LogP contribution in [-0.2, 0) is 0 Å². The third-order valence-corrected chi connectivity index (χ3v) is 2.75. The number of hydrogen-bond acceptors (Lipinski definition) is 2. The van der Waals surface area contributed by atoms with Crippen LogP contribution in [-0.4, -0.2) is 12.3 Å². The summed E-state index contributed by atoms with van der Waals surface area (Å²) in [7, 11) is 0. The van der Waals surface area contributed by atoms with E-state index in [-0.39, 0.29) is 6.04 Å². The van der Waals surface area contributed by atoms with Crippen molar-refractivity contribution in [3.63, 3.8) is 0 Å². The van der Waals surface area contributed by atoms with Gasteiger partial charge in [-0.25, -0.2) is 0 Å². The summed E-state index contributed by atoms with van der Waals surface area (Å²) in [5.41, 5.74) is 1.10. The van der Waals surface area contributed by atoms with Crippen LogP contribution in [0, 0.1) is 12.3 Å². The molecule has 0 amide bonds. The fraction of sp³-hybridized carbons (Fsp3) is 0.333. The summed E-state index contributed by atoms with van der Waals surface area (Å²) in [5.74, 6) is 2.72. The summed E-state index contributed by atoms with van der Waals surface area (Å²) in [6.07, 6.45) is 8.40. The number of rotatable bonds is 4. The predicted molar refractivity (Wildman–Crippen MR) is 64.8 cm³/mol. The highest BCUT2D eigenvalue weighted by Gasteiger charge is 2.01. The molecule has 0 aliphatic rings. The van der Waals surface area contributed by atoms with E-state index in [0.29, 0.717) is 0 Å². The molecule has 0 heterocycles. The third kappa shape index (κ3) is 3.01. The van der Waals surface area contributed by atoms with E-state index in [1.165, 1.54) is 4.90 Å². The zero-order chi connectivity index (χ0) is 10.4. The molecule has 0 spiro atoms. The van der Waals surface area contributed by atoms with Crippen molar-refractivity contribution in [1.29, 1.82) is 0 Å². The largest absolute Gasteiger partial charge is 0.372 e. The molecular formula is C12H15NS. The molecule has 1 nitrogen and oxygen atoms in total. The van der Waals surface area contributed by atoms with Crippen LogP contribution in [0.5, 0.6) is 0 Å². The molecule has 2 heteroatoms. The molecule has 0 radical (unpaired) electrons. The summed E-state index contributed by atoms with van der Waals surface area (Å²) in [6.45, 7) is 2.08. The first-order valence-corrected chi connectivity index (χ1v) is 5.89. The highest BCUT2D eigenvalue weighted by molar-refractivity contribution is 7.98. The van der Waals surface area contributed by atoms with Crippen LogP contribution in [0.3, 0.4) is 0 Å². The topological polar surface area (TPSA) is 12.0 Å². The Kier molecular flexibility index (Phi) is 4.42. The van der Waals surface area contributed by atoms with E-state index in [1.807, 2.05) is 12.1 Å². The Morgan fingerprint density at radius 1 is 1.57 bits per heavy atom. The second kappa shape index (κ2) is 5.62. The van der Waals surface area contributed by atoms with Gasteiger partial charge in [-0.3, -0.25) is 0 Å². The van der Waals surface area contributed by atoms with Gasteiger partial charge in [-0.15, -0.1) is 18.2 Å². The Morgan fingerprint density at radius 2 is 2.36 bits per heavy atom. The van der Waals surface area contributed by atoms with Crippen LogP contribution < -0.4 is 5.32 Å². The Hall–Kier alpha value is -1.07. The zero-order valence-corrected chi connectivity index (χ0v) is 9.40. The second-order valence-electron chi connectivity index (χ2n) is 3.00. The van der Waals surface area contributed by atoms with E-state index >= 15 is 0 Å². The van der Waals surface area contributed by atoms with E-state index in [2.05, 4.69) is 36.5 Å². The highest BCUT2D eigenvalue weighted by Crippen LogP contribution is 2.19. The van der Waals surface area contributed by atoms with E-state index in [1.54, 1.807) is 11.8 Å². The molecule has 1 unspecified atom stereocenters. The molecule has 1 aromatic carbocycles. The smallest absolute Gasteiger partial charge is 0.0871 e. The molecule has 0 fully saturated rings. The first-order chi connectivity index (χ1) is 6.80. The van der Waals surface area contributed by atoms with Gasteiger partial charge in [0.25, 0.3) is 0 Å². The van der Waals surface area contributed by atoms with E-state index in [4.69, 9.17) is 6.42 Å². The molecule has 0 aromatic heterocycles. The van der Waals surface area contributed by atoms with Crippen molar-refractivity contribution in [2.45, 2.75) is 24.3 Å². The van der Waals surface area contributed by atoms with Crippen LogP contribution in [0.1, 0.15) is 13.3 Å². The van der Waals surface area contributed by atoms with E-state index in [9.17, 15) is 0 Å². The third-order valence-electron chi connectivity index (χ3n) is 2.02. The first kappa shape index (κ1) is 11.0. The molecule has 0 aliphatic carbocycles. The van der Waals surface area contributed by atoms with Gasteiger partial charge in [0.1, 0.15) is 0 Å². The molecule has 1 aromatic rings. The van der Waals surface area contributed by atoms with Crippen molar-refractivity contribution in [3.8, 4) is 12.3 Å². The number of thioether (sulfide) groups is 1. The minimum atomic E-state index is 0.132. The van der Waals surface area contributed by atoms with Gasteiger partial charge in [0.05, 0.1) is 6.04 Å². The standard InChI is InChI=1S/C12H15NS/c1-4-10(5-2)13-11-7-6-8-12(9-11)14-3/h1,6-10,13H,5H2,2-3H3. The van der Waals surface area contributed by atoms with Crippen molar-refractivity contribution in [3.05, 3.63) is 24.3 Å². The lowest BCUT2D eigenvalue weighted by molar-refractivity contribution is 0.857. The van der Waals surface area contributed by atoms with Crippen molar-refractivity contribution in [1.82, 2.24) is 0 Å².